The van der Waals surface area contributed by atoms with Gasteiger partial charge in [-0.05, 0) is 32.2 Å². The minimum Gasteiger partial charge on any atom is -0.379 e. The number of hydrogen-bond donors (Lipinski definition) is 1. The van der Waals surface area contributed by atoms with E-state index in [4.69, 9.17) is 4.74 Å². The highest BCUT2D eigenvalue weighted by Gasteiger charge is 2.23. The molecule has 1 N–H and O–H groups in total. The van der Waals surface area contributed by atoms with Gasteiger partial charge in [0.05, 0.1) is 13.2 Å². The average molecular weight is 268 g/mol. The van der Waals surface area contributed by atoms with Crippen molar-refractivity contribution >= 4 is 11.3 Å². The lowest BCUT2D eigenvalue weighted by Gasteiger charge is -2.38. The summed E-state index contributed by atoms with van der Waals surface area (Å²) in [5.41, 5.74) is 0. The molecule has 0 amide bonds. The standard InChI is InChI=1S/C14H24N2OS/c1-11(16-6-7-17-10-12(16)2)9-15-13(3)14-5-4-8-18-14/h4-5,8,11-13,15H,6-7,9-10H2,1-3H3/t11-,12+,13-/m0/s1. The Balaban J connectivity index is 1.78. The van der Waals surface area contributed by atoms with Crippen LogP contribution in [0.3, 0.4) is 0 Å². The summed E-state index contributed by atoms with van der Waals surface area (Å²) in [7, 11) is 0. The molecule has 0 unspecified atom stereocenters. The fourth-order valence-corrected chi connectivity index (χ4v) is 3.26. The zero-order chi connectivity index (χ0) is 13.0. The normalized spacial score (nSPS) is 24.9. The predicted molar refractivity (Wildman–Crippen MR) is 77.2 cm³/mol. The van der Waals surface area contributed by atoms with Crippen molar-refractivity contribution in [2.24, 2.45) is 0 Å². The topological polar surface area (TPSA) is 24.5 Å². The molecule has 1 aromatic rings. The van der Waals surface area contributed by atoms with Gasteiger partial charge in [-0.1, -0.05) is 6.07 Å². The summed E-state index contributed by atoms with van der Waals surface area (Å²) in [5.74, 6) is 0. The van der Waals surface area contributed by atoms with Gasteiger partial charge in [-0.15, -0.1) is 11.3 Å². The van der Waals surface area contributed by atoms with Gasteiger partial charge < -0.3 is 10.1 Å². The third-order valence-electron chi connectivity index (χ3n) is 3.67. The second kappa shape index (κ2) is 6.66. The third-order valence-corrected chi connectivity index (χ3v) is 4.73. The summed E-state index contributed by atoms with van der Waals surface area (Å²) in [6.45, 7) is 10.6. The minimum atomic E-state index is 0.448. The molecule has 0 aromatic carbocycles. The molecule has 0 bridgehead atoms. The Morgan fingerprint density at radius 1 is 1.56 bits per heavy atom. The zero-order valence-corrected chi connectivity index (χ0v) is 12.4. The molecule has 1 aromatic heterocycles. The molecule has 1 aliphatic rings. The van der Waals surface area contributed by atoms with Crippen LogP contribution >= 0.6 is 11.3 Å². The summed E-state index contributed by atoms with van der Waals surface area (Å²) in [4.78, 5) is 3.95. The zero-order valence-electron chi connectivity index (χ0n) is 11.6. The van der Waals surface area contributed by atoms with Crippen molar-refractivity contribution in [1.82, 2.24) is 10.2 Å². The quantitative estimate of drug-likeness (QED) is 0.888. The van der Waals surface area contributed by atoms with E-state index in [0.29, 0.717) is 18.1 Å². The molecule has 2 heterocycles. The van der Waals surface area contributed by atoms with Crippen molar-refractivity contribution in [2.75, 3.05) is 26.3 Å². The summed E-state index contributed by atoms with van der Waals surface area (Å²) >= 11 is 1.82. The first kappa shape index (κ1) is 14.0. The molecular formula is C14H24N2OS. The van der Waals surface area contributed by atoms with E-state index >= 15 is 0 Å². The highest BCUT2D eigenvalue weighted by Crippen LogP contribution is 2.18. The Labute approximate surface area is 114 Å². The molecule has 1 aliphatic heterocycles. The van der Waals surface area contributed by atoms with Gasteiger partial charge in [0.1, 0.15) is 0 Å². The molecule has 2 rings (SSSR count). The molecule has 0 radical (unpaired) electrons. The largest absolute Gasteiger partial charge is 0.379 e. The summed E-state index contributed by atoms with van der Waals surface area (Å²) in [5, 5.41) is 5.77. The van der Waals surface area contributed by atoms with E-state index in [1.165, 1.54) is 4.88 Å². The van der Waals surface area contributed by atoms with Gasteiger partial charge in [0.2, 0.25) is 0 Å². The Bertz CT molecular complexity index is 342. The van der Waals surface area contributed by atoms with Crippen LogP contribution in [0, 0.1) is 0 Å². The van der Waals surface area contributed by atoms with Crippen LogP contribution in [0.1, 0.15) is 31.7 Å². The van der Waals surface area contributed by atoms with Crippen molar-refractivity contribution in [3.8, 4) is 0 Å². The molecule has 4 heteroatoms. The van der Waals surface area contributed by atoms with E-state index in [1.54, 1.807) is 0 Å². The minimum absolute atomic E-state index is 0.448. The summed E-state index contributed by atoms with van der Waals surface area (Å²) in [6.07, 6.45) is 0. The van der Waals surface area contributed by atoms with Gasteiger partial charge in [-0.2, -0.15) is 0 Å². The number of morpholine rings is 1. The lowest BCUT2D eigenvalue weighted by atomic mass is 10.1. The third kappa shape index (κ3) is 3.54. The molecule has 1 fully saturated rings. The number of nitrogens with one attached hydrogen (secondary N) is 1. The maximum absolute atomic E-state index is 5.49. The fraction of sp³-hybridized carbons (Fsp3) is 0.714. The van der Waals surface area contributed by atoms with Crippen LogP contribution in [-0.4, -0.2) is 43.3 Å². The SMILES string of the molecule is C[C@H](NC[C@H](C)N1CCOC[C@H]1C)c1cccs1. The summed E-state index contributed by atoms with van der Waals surface area (Å²) < 4.78 is 5.49. The first-order valence-electron chi connectivity index (χ1n) is 6.78. The van der Waals surface area contributed by atoms with Crippen molar-refractivity contribution in [3.63, 3.8) is 0 Å². The van der Waals surface area contributed by atoms with Crippen LogP contribution in [0.2, 0.25) is 0 Å². The van der Waals surface area contributed by atoms with Crippen LogP contribution in [0.25, 0.3) is 0 Å². The van der Waals surface area contributed by atoms with Gasteiger partial charge in [-0.25, -0.2) is 0 Å². The fourth-order valence-electron chi connectivity index (χ4n) is 2.50. The van der Waals surface area contributed by atoms with Crippen molar-refractivity contribution < 1.29 is 4.74 Å². The van der Waals surface area contributed by atoms with Gasteiger partial charge in [0.25, 0.3) is 0 Å². The van der Waals surface area contributed by atoms with E-state index in [0.717, 1.165) is 26.3 Å². The summed E-state index contributed by atoms with van der Waals surface area (Å²) in [6, 6.07) is 5.86. The van der Waals surface area contributed by atoms with Crippen LogP contribution < -0.4 is 5.32 Å². The average Bonchev–Trinajstić information content (AvgIpc) is 2.90. The molecule has 3 nitrogen and oxygen atoms in total. The second-order valence-corrected chi connectivity index (χ2v) is 6.14. The number of rotatable bonds is 5. The second-order valence-electron chi connectivity index (χ2n) is 5.16. The molecule has 0 saturated carbocycles. The van der Waals surface area contributed by atoms with Crippen LogP contribution in [0.4, 0.5) is 0 Å². The van der Waals surface area contributed by atoms with E-state index in [9.17, 15) is 0 Å². The Morgan fingerprint density at radius 3 is 3.06 bits per heavy atom. The van der Waals surface area contributed by atoms with E-state index in [-0.39, 0.29) is 0 Å². The first-order valence-corrected chi connectivity index (χ1v) is 7.66. The molecule has 1 saturated heterocycles. The van der Waals surface area contributed by atoms with Crippen LogP contribution in [0.5, 0.6) is 0 Å². The maximum atomic E-state index is 5.49. The van der Waals surface area contributed by atoms with Crippen molar-refractivity contribution in [3.05, 3.63) is 22.4 Å². The van der Waals surface area contributed by atoms with Crippen molar-refractivity contribution in [2.45, 2.75) is 38.9 Å². The number of hydrogen-bond acceptors (Lipinski definition) is 4. The molecule has 0 spiro atoms. The van der Waals surface area contributed by atoms with Gasteiger partial charge in [-0.3, -0.25) is 4.90 Å². The lowest BCUT2D eigenvalue weighted by Crippen LogP contribution is -2.51. The monoisotopic (exact) mass is 268 g/mol. The van der Waals surface area contributed by atoms with Crippen LogP contribution in [0.15, 0.2) is 17.5 Å². The number of ether oxygens (including phenoxy) is 1. The van der Waals surface area contributed by atoms with Crippen LogP contribution in [-0.2, 0) is 4.74 Å². The van der Waals surface area contributed by atoms with Gasteiger partial charge >= 0.3 is 0 Å². The van der Waals surface area contributed by atoms with E-state index in [2.05, 4.69) is 48.5 Å². The molecule has 0 aliphatic carbocycles. The molecule has 3 atom stereocenters. The highest BCUT2D eigenvalue weighted by molar-refractivity contribution is 7.10. The van der Waals surface area contributed by atoms with Gasteiger partial charge in [0, 0.05) is 36.1 Å². The molecular weight excluding hydrogens is 244 g/mol. The molecule has 102 valence electrons. The Morgan fingerprint density at radius 2 is 2.39 bits per heavy atom. The lowest BCUT2D eigenvalue weighted by molar-refractivity contribution is -0.0184. The first-order chi connectivity index (χ1) is 8.68. The Hall–Kier alpha value is -0.420. The van der Waals surface area contributed by atoms with E-state index < -0.39 is 0 Å². The predicted octanol–water partition coefficient (Wildman–Crippen LogP) is 2.51. The van der Waals surface area contributed by atoms with E-state index in [1.807, 2.05) is 11.3 Å². The number of nitrogens with zero attached hydrogens (tertiary/aromatic N) is 1. The smallest absolute Gasteiger partial charge is 0.0619 e. The van der Waals surface area contributed by atoms with Gasteiger partial charge in [0.15, 0.2) is 0 Å². The highest BCUT2D eigenvalue weighted by atomic mass is 32.1. The van der Waals surface area contributed by atoms with Crippen molar-refractivity contribution in [1.29, 1.82) is 0 Å². The number of thiophene rings is 1. The Kier molecular flexibility index (Phi) is 5.18. The maximum Gasteiger partial charge on any atom is 0.0619 e. The molecule has 18 heavy (non-hydrogen) atoms.